The lowest BCUT2D eigenvalue weighted by Crippen LogP contribution is -2.10. The van der Waals surface area contributed by atoms with E-state index in [0.717, 1.165) is 5.56 Å². The van der Waals surface area contributed by atoms with Crippen LogP contribution < -0.4 is 0 Å². The summed E-state index contributed by atoms with van der Waals surface area (Å²) in [7, 11) is 0. The van der Waals surface area contributed by atoms with Gasteiger partial charge in [0.1, 0.15) is 0 Å². The lowest BCUT2D eigenvalue weighted by atomic mass is 10.2. The van der Waals surface area contributed by atoms with E-state index in [0.29, 0.717) is 18.9 Å². The van der Waals surface area contributed by atoms with Gasteiger partial charge >= 0.3 is 5.97 Å². The van der Waals surface area contributed by atoms with Crippen LogP contribution in [0.1, 0.15) is 28.2 Å². The number of carbonyl (C=O) groups is 1. The number of hydrogen-bond acceptors (Lipinski definition) is 3. The Labute approximate surface area is 94.3 Å². The van der Waals surface area contributed by atoms with Crippen LogP contribution in [-0.4, -0.2) is 12.6 Å². The highest BCUT2D eigenvalue weighted by atomic mass is 32.1. The SMILES string of the molecule is Cc1cc(CC(=O)OCC2CC2)c(C)s1. The summed E-state index contributed by atoms with van der Waals surface area (Å²) < 4.78 is 5.20. The van der Waals surface area contributed by atoms with Crippen LogP contribution in [0.3, 0.4) is 0 Å². The van der Waals surface area contributed by atoms with Crippen LogP contribution in [0.5, 0.6) is 0 Å². The van der Waals surface area contributed by atoms with Gasteiger partial charge in [-0.3, -0.25) is 4.79 Å². The smallest absolute Gasteiger partial charge is 0.310 e. The summed E-state index contributed by atoms with van der Waals surface area (Å²) in [4.78, 5) is 14.0. The van der Waals surface area contributed by atoms with Crippen molar-refractivity contribution in [3.63, 3.8) is 0 Å². The summed E-state index contributed by atoms with van der Waals surface area (Å²) in [6.45, 7) is 4.75. The van der Waals surface area contributed by atoms with Gasteiger partial charge in [0.15, 0.2) is 0 Å². The molecule has 0 N–H and O–H groups in total. The van der Waals surface area contributed by atoms with Crippen LogP contribution in [0.15, 0.2) is 6.07 Å². The molecule has 0 radical (unpaired) electrons. The van der Waals surface area contributed by atoms with Crippen molar-refractivity contribution in [2.45, 2.75) is 33.1 Å². The highest BCUT2D eigenvalue weighted by molar-refractivity contribution is 7.12. The van der Waals surface area contributed by atoms with Crippen molar-refractivity contribution in [3.8, 4) is 0 Å². The molecule has 1 aromatic rings. The van der Waals surface area contributed by atoms with Crippen LogP contribution >= 0.6 is 11.3 Å². The van der Waals surface area contributed by atoms with E-state index in [2.05, 4.69) is 19.9 Å². The van der Waals surface area contributed by atoms with Crippen molar-refractivity contribution >= 4 is 17.3 Å². The Morgan fingerprint density at radius 2 is 2.27 bits per heavy atom. The zero-order valence-electron chi connectivity index (χ0n) is 9.21. The van der Waals surface area contributed by atoms with Gasteiger partial charge in [0, 0.05) is 9.75 Å². The molecule has 0 aromatic carbocycles. The zero-order chi connectivity index (χ0) is 10.8. The summed E-state index contributed by atoms with van der Waals surface area (Å²) >= 11 is 1.74. The molecule has 2 nitrogen and oxygen atoms in total. The van der Waals surface area contributed by atoms with Gasteiger partial charge < -0.3 is 4.74 Å². The second kappa shape index (κ2) is 4.35. The number of rotatable bonds is 4. The van der Waals surface area contributed by atoms with Gasteiger partial charge in [-0.2, -0.15) is 0 Å². The highest BCUT2D eigenvalue weighted by Crippen LogP contribution is 2.29. The van der Waals surface area contributed by atoms with E-state index in [1.165, 1.54) is 22.6 Å². The van der Waals surface area contributed by atoms with Crippen LogP contribution in [0.25, 0.3) is 0 Å². The van der Waals surface area contributed by atoms with Gasteiger partial charge in [0.2, 0.25) is 0 Å². The molecular weight excluding hydrogens is 208 g/mol. The lowest BCUT2D eigenvalue weighted by molar-refractivity contribution is -0.143. The van der Waals surface area contributed by atoms with E-state index in [1.807, 2.05) is 0 Å². The second-order valence-corrected chi connectivity index (χ2v) is 5.70. The molecule has 3 heteroatoms. The van der Waals surface area contributed by atoms with Crippen molar-refractivity contribution in [3.05, 3.63) is 21.4 Å². The van der Waals surface area contributed by atoms with Crippen molar-refractivity contribution < 1.29 is 9.53 Å². The Kier molecular flexibility index (Phi) is 3.10. The van der Waals surface area contributed by atoms with Crippen LogP contribution in [0.2, 0.25) is 0 Å². The molecule has 0 spiro atoms. The largest absolute Gasteiger partial charge is 0.465 e. The standard InChI is InChI=1S/C12H16O2S/c1-8-5-11(9(2)15-8)6-12(13)14-7-10-3-4-10/h5,10H,3-4,6-7H2,1-2H3. The number of carbonyl (C=O) groups excluding carboxylic acids is 1. The maximum atomic E-state index is 11.5. The second-order valence-electron chi connectivity index (χ2n) is 4.24. The molecule has 1 fully saturated rings. The average Bonchev–Trinajstić information content (AvgIpc) is 2.92. The number of hydrogen-bond donors (Lipinski definition) is 0. The number of esters is 1. The number of aryl methyl sites for hydroxylation is 2. The molecule has 1 aliphatic carbocycles. The molecule has 1 aliphatic rings. The van der Waals surface area contributed by atoms with E-state index in [4.69, 9.17) is 4.74 Å². The summed E-state index contributed by atoms with van der Waals surface area (Å²) in [5.41, 5.74) is 1.12. The van der Waals surface area contributed by atoms with Crippen LogP contribution in [0.4, 0.5) is 0 Å². The maximum absolute atomic E-state index is 11.5. The van der Waals surface area contributed by atoms with Gasteiger partial charge in [-0.1, -0.05) is 0 Å². The molecule has 0 aliphatic heterocycles. The fourth-order valence-electron chi connectivity index (χ4n) is 1.56. The molecule has 1 saturated carbocycles. The first kappa shape index (κ1) is 10.7. The first-order chi connectivity index (χ1) is 7.15. The minimum absolute atomic E-state index is 0.0807. The molecule has 1 aromatic heterocycles. The van der Waals surface area contributed by atoms with Crippen molar-refractivity contribution in [1.29, 1.82) is 0 Å². The minimum Gasteiger partial charge on any atom is -0.465 e. The Morgan fingerprint density at radius 3 is 2.80 bits per heavy atom. The summed E-state index contributed by atoms with van der Waals surface area (Å²) in [5, 5.41) is 0. The molecule has 1 heterocycles. The van der Waals surface area contributed by atoms with Crippen molar-refractivity contribution in [2.24, 2.45) is 5.92 Å². The minimum atomic E-state index is -0.0807. The predicted molar refractivity (Wildman–Crippen MR) is 61.2 cm³/mol. The van der Waals surface area contributed by atoms with E-state index in [1.54, 1.807) is 11.3 Å². The fraction of sp³-hybridized carbons (Fsp3) is 0.583. The van der Waals surface area contributed by atoms with Crippen molar-refractivity contribution in [1.82, 2.24) is 0 Å². The van der Waals surface area contributed by atoms with E-state index < -0.39 is 0 Å². The van der Waals surface area contributed by atoms with Gasteiger partial charge in [0.05, 0.1) is 13.0 Å². The monoisotopic (exact) mass is 224 g/mol. The Hall–Kier alpha value is -0.830. The molecule has 0 bridgehead atoms. The normalized spacial score (nSPS) is 15.3. The Bertz CT molecular complexity index is 364. The summed E-state index contributed by atoms with van der Waals surface area (Å²) in [5.74, 6) is 0.571. The van der Waals surface area contributed by atoms with Gasteiger partial charge in [0.25, 0.3) is 0 Å². The predicted octanol–water partition coefficient (Wildman–Crippen LogP) is 2.86. The van der Waals surface area contributed by atoms with Crippen LogP contribution in [0, 0.1) is 19.8 Å². The first-order valence-electron chi connectivity index (χ1n) is 5.36. The molecule has 0 amide bonds. The molecule has 0 saturated heterocycles. The maximum Gasteiger partial charge on any atom is 0.310 e. The van der Waals surface area contributed by atoms with Crippen molar-refractivity contribution in [2.75, 3.05) is 6.61 Å². The zero-order valence-corrected chi connectivity index (χ0v) is 10.0. The molecule has 2 rings (SSSR count). The first-order valence-corrected chi connectivity index (χ1v) is 6.18. The van der Waals surface area contributed by atoms with Gasteiger partial charge in [-0.15, -0.1) is 11.3 Å². The molecular formula is C12H16O2S. The summed E-state index contributed by atoms with van der Waals surface area (Å²) in [6, 6.07) is 2.08. The third-order valence-corrected chi connectivity index (χ3v) is 3.66. The lowest BCUT2D eigenvalue weighted by Gasteiger charge is -2.02. The highest BCUT2D eigenvalue weighted by Gasteiger charge is 2.23. The average molecular weight is 224 g/mol. The Balaban J connectivity index is 1.84. The third kappa shape index (κ3) is 3.06. The summed E-state index contributed by atoms with van der Waals surface area (Å²) in [6.07, 6.45) is 2.89. The van der Waals surface area contributed by atoms with E-state index in [9.17, 15) is 4.79 Å². The van der Waals surface area contributed by atoms with Gasteiger partial charge in [-0.05, 0) is 44.2 Å². The quantitative estimate of drug-likeness (QED) is 0.735. The number of thiophene rings is 1. The number of ether oxygens (including phenoxy) is 1. The van der Waals surface area contributed by atoms with E-state index >= 15 is 0 Å². The fourth-order valence-corrected chi connectivity index (χ4v) is 2.51. The molecule has 0 unspecified atom stereocenters. The Morgan fingerprint density at radius 1 is 1.53 bits per heavy atom. The van der Waals surface area contributed by atoms with Crippen LogP contribution in [-0.2, 0) is 16.0 Å². The van der Waals surface area contributed by atoms with Gasteiger partial charge in [-0.25, -0.2) is 0 Å². The molecule has 82 valence electrons. The molecule has 15 heavy (non-hydrogen) atoms. The van der Waals surface area contributed by atoms with E-state index in [-0.39, 0.29) is 5.97 Å². The molecule has 0 atom stereocenters. The topological polar surface area (TPSA) is 26.3 Å². The third-order valence-electron chi connectivity index (χ3n) is 2.66.